The van der Waals surface area contributed by atoms with Crippen LogP contribution in [-0.2, 0) is 0 Å². The Labute approximate surface area is 149 Å². The van der Waals surface area contributed by atoms with Gasteiger partial charge in [-0.15, -0.1) is 0 Å². The van der Waals surface area contributed by atoms with E-state index in [1.54, 1.807) is 12.5 Å². The molecule has 0 aliphatic rings. The van der Waals surface area contributed by atoms with Crippen LogP contribution in [0.4, 0.5) is 0 Å². The molecule has 2 heterocycles. The van der Waals surface area contributed by atoms with Crippen molar-refractivity contribution in [3.63, 3.8) is 0 Å². The fourth-order valence-corrected chi connectivity index (χ4v) is 3.53. The lowest BCUT2D eigenvalue weighted by Gasteiger charge is -2.11. The molecule has 3 aromatic carbocycles. The van der Waals surface area contributed by atoms with Crippen LogP contribution in [0.25, 0.3) is 44.2 Å². The molecule has 0 aliphatic heterocycles. The highest BCUT2D eigenvalue weighted by Gasteiger charge is 2.17. The molecule has 0 radical (unpaired) electrons. The minimum atomic E-state index is 0.611. The van der Waals surface area contributed by atoms with Gasteiger partial charge in [0.15, 0.2) is 0 Å². The summed E-state index contributed by atoms with van der Waals surface area (Å²) in [6.07, 6.45) is 3.35. The third-order valence-corrected chi connectivity index (χ3v) is 4.71. The van der Waals surface area contributed by atoms with E-state index in [0.717, 1.165) is 44.2 Å². The molecule has 26 heavy (non-hydrogen) atoms. The Hall–Kier alpha value is -3.77. The van der Waals surface area contributed by atoms with E-state index in [1.165, 1.54) is 0 Å². The third-order valence-electron chi connectivity index (χ3n) is 4.71. The predicted octanol–water partition coefficient (Wildman–Crippen LogP) is 6.38. The first-order chi connectivity index (χ1) is 12.9. The summed E-state index contributed by atoms with van der Waals surface area (Å²) in [4.78, 5) is 0. The van der Waals surface area contributed by atoms with Crippen LogP contribution in [0.15, 0.2) is 88.1 Å². The van der Waals surface area contributed by atoms with E-state index in [0.29, 0.717) is 5.56 Å². The van der Waals surface area contributed by atoms with Crippen molar-refractivity contribution in [1.82, 2.24) is 0 Å². The van der Waals surface area contributed by atoms with Gasteiger partial charge in [0.1, 0.15) is 17.2 Å². The van der Waals surface area contributed by atoms with Crippen molar-refractivity contribution in [2.24, 2.45) is 0 Å². The fourth-order valence-electron chi connectivity index (χ4n) is 3.53. The van der Waals surface area contributed by atoms with Gasteiger partial charge < -0.3 is 8.83 Å². The molecule has 0 saturated carbocycles. The van der Waals surface area contributed by atoms with Crippen molar-refractivity contribution in [1.29, 1.82) is 5.26 Å². The highest BCUT2D eigenvalue weighted by Crippen LogP contribution is 2.38. The van der Waals surface area contributed by atoms with Crippen LogP contribution in [-0.4, -0.2) is 0 Å². The number of rotatable bonds is 2. The number of benzene rings is 3. The van der Waals surface area contributed by atoms with Crippen LogP contribution >= 0.6 is 0 Å². The first kappa shape index (κ1) is 14.6. The van der Waals surface area contributed by atoms with Gasteiger partial charge in [0.2, 0.25) is 0 Å². The SMILES string of the molecule is N#Cc1c(-c2cccc3ccoc23)cccc1-c1cccc2ccoc12. The largest absolute Gasteiger partial charge is 0.464 e. The Kier molecular flexibility index (Phi) is 3.16. The number of nitrogens with zero attached hydrogens (tertiary/aromatic N) is 1. The summed E-state index contributed by atoms with van der Waals surface area (Å²) in [6.45, 7) is 0. The second-order valence-corrected chi connectivity index (χ2v) is 6.13. The lowest BCUT2D eigenvalue weighted by molar-refractivity contribution is 0.617. The average Bonchev–Trinajstić information content (AvgIpc) is 3.35. The van der Waals surface area contributed by atoms with E-state index in [1.807, 2.05) is 66.7 Å². The van der Waals surface area contributed by atoms with Gasteiger partial charge in [-0.1, -0.05) is 54.6 Å². The monoisotopic (exact) mass is 335 g/mol. The summed E-state index contributed by atoms with van der Waals surface area (Å²) >= 11 is 0. The molecule has 0 amide bonds. The van der Waals surface area contributed by atoms with Crippen molar-refractivity contribution >= 4 is 21.9 Å². The van der Waals surface area contributed by atoms with Gasteiger partial charge in [-0.2, -0.15) is 5.26 Å². The van der Waals surface area contributed by atoms with Crippen LogP contribution in [0.2, 0.25) is 0 Å². The molecule has 0 N–H and O–H groups in total. The zero-order valence-corrected chi connectivity index (χ0v) is 13.8. The second kappa shape index (κ2) is 5.65. The lowest BCUT2D eigenvalue weighted by atomic mass is 9.91. The maximum atomic E-state index is 9.96. The summed E-state index contributed by atoms with van der Waals surface area (Å²) in [5.41, 5.74) is 5.73. The molecule has 0 bridgehead atoms. The molecule has 0 aliphatic carbocycles. The van der Waals surface area contributed by atoms with E-state index in [4.69, 9.17) is 8.83 Å². The average molecular weight is 335 g/mol. The van der Waals surface area contributed by atoms with Crippen molar-refractivity contribution in [3.8, 4) is 28.3 Å². The molecule has 2 aromatic heterocycles. The molecular formula is C23H13NO2. The third kappa shape index (κ3) is 2.06. The topological polar surface area (TPSA) is 50.1 Å². The Bertz CT molecular complexity index is 1210. The first-order valence-electron chi connectivity index (χ1n) is 8.33. The normalized spacial score (nSPS) is 11.0. The van der Waals surface area contributed by atoms with Crippen molar-refractivity contribution in [2.75, 3.05) is 0 Å². The first-order valence-corrected chi connectivity index (χ1v) is 8.33. The van der Waals surface area contributed by atoms with Gasteiger partial charge in [-0.25, -0.2) is 0 Å². The number of nitriles is 1. The van der Waals surface area contributed by atoms with E-state index in [-0.39, 0.29) is 0 Å². The van der Waals surface area contributed by atoms with Gasteiger partial charge in [0.25, 0.3) is 0 Å². The second-order valence-electron chi connectivity index (χ2n) is 6.13. The summed E-state index contributed by atoms with van der Waals surface area (Å²) in [5, 5.41) is 12.0. The molecule has 3 heteroatoms. The van der Waals surface area contributed by atoms with Crippen molar-refractivity contribution < 1.29 is 8.83 Å². The van der Waals surface area contributed by atoms with Gasteiger partial charge in [0.05, 0.1) is 18.1 Å². The number of fused-ring (bicyclic) bond motifs is 2. The zero-order chi connectivity index (χ0) is 17.5. The maximum absolute atomic E-state index is 9.96. The summed E-state index contributed by atoms with van der Waals surface area (Å²) in [7, 11) is 0. The minimum Gasteiger partial charge on any atom is -0.464 e. The van der Waals surface area contributed by atoms with Crippen LogP contribution in [0, 0.1) is 11.3 Å². The molecule has 0 atom stereocenters. The van der Waals surface area contributed by atoms with Crippen LogP contribution < -0.4 is 0 Å². The smallest absolute Gasteiger partial charge is 0.141 e. The van der Waals surface area contributed by atoms with Crippen LogP contribution in [0.1, 0.15) is 5.56 Å². The molecule has 5 aromatic rings. The highest BCUT2D eigenvalue weighted by atomic mass is 16.3. The molecule has 0 unspecified atom stereocenters. The van der Waals surface area contributed by atoms with E-state index < -0.39 is 0 Å². The minimum absolute atomic E-state index is 0.611. The number of furan rings is 2. The predicted molar refractivity (Wildman–Crippen MR) is 102 cm³/mol. The standard InChI is InChI=1S/C23H13NO2/c24-14-21-17(19-8-1-4-15-10-12-25-22(15)19)6-3-7-18(21)20-9-2-5-16-11-13-26-23(16)20/h1-13H. The summed E-state index contributed by atoms with van der Waals surface area (Å²) in [6, 6.07) is 24.1. The Morgan fingerprint density at radius 2 is 1.04 bits per heavy atom. The molecule has 3 nitrogen and oxygen atoms in total. The van der Waals surface area contributed by atoms with E-state index in [9.17, 15) is 5.26 Å². The van der Waals surface area contributed by atoms with Gasteiger partial charge in [0, 0.05) is 33.0 Å². The Morgan fingerprint density at radius 3 is 1.54 bits per heavy atom. The summed E-state index contributed by atoms with van der Waals surface area (Å²) in [5.74, 6) is 0. The fraction of sp³-hybridized carbons (Fsp3) is 0. The van der Waals surface area contributed by atoms with Crippen molar-refractivity contribution in [3.05, 3.63) is 84.8 Å². The Balaban J connectivity index is 1.83. The lowest BCUT2D eigenvalue weighted by Crippen LogP contribution is -1.90. The molecule has 122 valence electrons. The van der Waals surface area contributed by atoms with Gasteiger partial charge in [-0.05, 0) is 12.1 Å². The molecule has 5 rings (SSSR count). The molecule has 0 fully saturated rings. The van der Waals surface area contributed by atoms with Crippen LogP contribution in [0.5, 0.6) is 0 Å². The number of para-hydroxylation sites is 2. The molecule has 0 saturated heterocycles. The summed E-state index contributed by atoms with van der Waals surface area (Å²) < 4.78 is 11.4. The highest BCUT2D eigenvalue weighted by molar-refractivity contribution is 5.99. The van der Waals surface area contributed by atoms with Crippen molar-refractivity contribution in [2.45, 2.75) is 0 Å². The molecule has 0 spiro atoms. The number of hydrogen-bond donors (Lipinski definition) is 0. The zero-order valence-electron chi connectivity index (χ0n) is 13.8. The van der Waals surface area contributed by atoms with Crippen LogP contribution in [0.3, 0.4) is 0 Å². The van der Waals surface area contributed by atoms with Gasteiger partial charge >= 0.3 is 0 Å². The van der Waals surface area contributed by atoms with E-state index >= 15 is 0 Å². The Morgan fingerprint density at radius 1 is 0.577 bits per heavy atom. The molecular weight excluding hydrogens is 322 g/mol. The maximum Gasteiger partial charge on any atom is 0.141 e. The number of hydrogen-bond acceptors (Lipinski definition) is 3. The quantitative estimate of drug-likeness (QED) is 0.376. The van der Waals surface area contributed by atoms with E-state index in [2.05, 4.69) is 6.07 Å². The van der Waals surface area contributed by atoms with Gasteiger partial charge in [-0.3, -0.25) is 0 Å².